The summed E-state index contributed by atoms with van der Waals surface area (Å²) in [5, 5.41) is 6.14. The molecule has 2 N–H and O–H groups in total. The summed E-state index contributed by atoms with van der Waals surface area (Å²) in [5.74, 6) is 1.71. The van der Waals surface area contributed by atoms with Crippen molar-refractivity contribution < 1.29 is 4.79 Å². The van der Waals surface area contributed by atoms with E-state index in [1.807, 2.05) is 39.8 Å². The number of carbonyl (C=O) groups excluding carboxylic acids is 1. The number of carbonyl (C=O) groups is 1. The van der Waals surface area contributed by atoms with Crippen LogP contribution in [0.4, 0.5) is 10.7 Å². The molecule has 1 saturated heterocycles. The van der Waals surface area contributed by atoms with Crippen molar-refractivity contribution in [3.8, 4) is 5.82 Å². The number of urea groups is 1. The van der Waals surface area contributed by atoms with E-state index in [2.05, 4.69) is 32.5 Å². The van der Waals surface area contributed by atoms with E-state index in [9.17, 15) is 4.79 Å². The fourth-order valence-corrected chi connectivity index (χ4v) is 3.78. The number of likely N-dealkylation sites (tertiary alicyclic amines) is 1. The van der Waals surface area contributed by atoms with Crippen molar-refractivity contribution in [2.75, 3.05) is 25.5 Å². The maximum atomic E-state index is 11.9. The summed E-state index contributed by atoms with van der Waals surface area (Å²) in [5.41, 5.74) is 1.94. The molecule has 3 heterocycles. The Balaban J connectivity index is 1.50. The number of imidazole rings is 1. The molecular formula is C20H25N7O. The number of nitrogens with one attached hydrogen (secondary N) is 2. The maximum absolute atomic E-state index is 11.9. The molecule has 8 nitrogen and oxygen atoms in total. The third-order valence-electron chi connectivity index (χ3n) is 5.36. The van der Waals surface area contributed by atoms with Crippen molar-refractivity contribution in [3.05, 3.63) is 42.9 Å². The number of piperidine rings is 1. The van der Waals surface area contributed by atoms with Crippen molar-refractivity contribution in [2.24, 2.45) is 5.92 Å². The van der Waals surface area contributed by atoms with Gasteiger partial charge in [0, 0.05) is 32.4 Å². The lowest BCUT2D eigenvalue weighted by atomic mass is 9.92. The van der Waals surface area contributed by atoms with Crippen LogP contribution in [-0.2, 0) is 0 Å². The second kappa shape index (κ2) is 7.84. The predicted molar refractivity (Wildman–Crippen MR) is 108 cm³/mol. The molecule has 0 aliphatic carbocycles. The highest BCUT2D eigenvalue weighted by Gasteiger charge is 2.27. The van der Waals surface area contributed by atoms with Gasteiger partial charge in [0.25, 0.3) is 0 Å². The quantitative estimate of drug-likeness (QED) is 0.728. The lowest BCUT2D eigenvalue weighted by Gasteiger charge is -2.35. The summed E-state index contributed by atoms with van der Waals surface area (Å²) >= 11 is 0. The molecule has 0 spiro atoms. The van der Waals surface area contributed by atoms with Crippen LogP contribution in [0, 0.1) is 5.92 Å². The highest BCUT2D eigenvalue weighted by molar-refractivity contribution is 5.76. The highest BCUT2D eigenvalue weighted by Crippen LogP contribution is 2.22. The van der Waals surface area contributed by atoms with Crippen LogP contribution in [0.1, 0.15) is 19.8 Å². The number of benzene rings is 1. The Morgan fingerprint density at radius 3 is 2.96 bits per heavy atom. The standard InChI is InChI=1S/C20H25N7O/c1-14(15-6-5-11-26(12-15)20(28)21-2)24-19-22-10-9-18(25-19)27-13-23-16-7-3-4-8-17(16)27/h3-4,7-10,13-15H,5-6,11-12H2,1-2H3,(H,21,28)(H,22,24,25). The lowest BCUT2D eigenvalue weighted by Crippen LogP contribution is -2.47. The normalized spacial score (nSPS) is 18.1. The molecule has 1 aliphatic heterocycles. The van der Waals surface area contributed by atoms with Crippen molar-refractivity contribution in [1.29, 1.82) is 0 Å². The Kier molecular flexibility index (Phi) is 5.10. The number of amides is 2. The molecule has 2 amide bonds. The van der Waals surface area contributed by atoms with E-state index in [0.29, 0.717) is 11.9 Å². The molecule has 146 valence electrons. The second-order valence-electron chi connectivity index (χ2n) is 7.18. The van der Waals surface area contributed by atoms with E-state index < -0.39 is 0 Å². The van der Waals surface area contributed by atoms with Crippen LogP contribution in [0.5, 0.6) is 0 Å². The summed E-state index contributed by atoms with van der Waals surface area (Å²) in [6.45, 7) is 3.67. The molecule has 2 aromatic heterocycles. The zero-order chi connectivity index (χ0) is 19.5. The number of hydrogen-bond donors (Lipinski definition) is 2. The molecular weight excluding hydrogens is 354 g/mol. The van der Waals surface area contributed by atoms with Gasteiger partial charge in [0.15, 0.2) is 0 Å². The van der Waals surface area contributed by atoms with Crippen molar-refractivity contribution in [1.82, 2.24) is 29.7 Å². The van der Waals surface area contributed by atoms with Crippen molar-refractivity contribution >= 4 is 23.0 Å². The molecule has 1 aliphatic rings. The largest absolute Gasteiger partial charge is 0.351 e. The zero-order valence-electron chi connectivity index (χ0n) is 16.2. The lowest BCUT2D eigenvalue weighted by molar-refractivity contribution is 0.162. The number of fused-ring (bicyclic) bond motifs is 1. The number of nitrogens with zero attached hydrogens (tertiary/aromatic N) is 5. The second-order valence-corrected chi connectivity index (χ2v) is 7.18. The van der Waals surface area contributed by atoms with E-state index in [1.165, 1.54) is 0 Å². The van der Waals surface area contributed by atoms with E-state index in [4.69, 9.17) is 0 Å². The van der Waals surface area contributed by atoms with Gasteiger partial charge in [-0.25, -0.2) is 14.8 Å². The fourth-order valence-electron chi connectivity index (χ4n) is 3.78. The number of anilines is 1. The summed E-state index contributed by atoms with van der Waals surface area (Å²) in [4.78, 5) is 27.3. The summed E-state index contributed by atoms with van der Waals surface area (Å²) in [7, 11) is 1.67. The van der Waals surface area contributed by atoms with E-state index in [-0.39, 0.29) is 12.1 Å². The topological polar surface area (TPSA) is 88.0 Å². The minimum atomic E-state index is -0.0119. The SMILES string of the molecule is CNC(=O)N1CCCC(C(C)Nc2nccc(-n3cnc4ccccc43)n2)C1. The Bertz CT molecular complexity index is 970. The number of para-hydroxylation sites is 2. The summed E-state index contributed by atoms with van der Waals surface area (Å²) < 4.78 is 1.96. The van der Waals surface area contributed by atoms with Gasteiger partial charge in [-0.3, -0.25) is 4.57 Å². The minimum absolute atomic E-state index is 0.0119. The van der Waals surface area contributed by atoms with Gasteiger partial charge in [-0.05, 0) is 43.9 Å². The van der Waals surface area contributed by atoms with Crippen LogP contribution in [0.25, 0.3) is 16.9 Å². The van der Waals surface area contributed by atoms with Gasteiger partial charge in [0.1, 0.15) is 12.1 Å². The Morgan fingerprint density at radius 1 is 1.25 bits per heavy atom. The number of hydrogen-bond acceptors (Lipinski definition) is 5. The Labute approximate surface area is 164 Å². The van der Waals surface area contributed by atoms with Crippen molar-refractivity contribution in [3.63, 3.8) is 0 Å². The average molecular weight is 379 g/mol. The van der Waals surface area contributed by atoms with Crippen molar-refractivity contribution in [2.45, 2.75) is 25.8 Å². The predicted octanol–water partition coefficient (Wildman–Crippen LogP) is 2.67. The van der Waals surface area contributed by atoms with Crippen LogP contribution in [0.2, 0.25) is 0 Å². The van der Waals surface area contributed by atoms with Gasteiger partial charge in [-0.15, -0.1) is 0 Å². The van der Waals surface area contributed by atoms with Gasteiger partial charge >= 0.3 is 6.03 Å². The molecule has 3 aromatic rings. The molecule has 1 aromatic carbocycles. The van der Waals surface area contributed by atoms with Crippen LogP contribution in [-0.4, -0.2) is 56.6 Å². The van der Waals surface area contributed by atoms with Gasteiger partial charge in [-0.1, -0.05) is 12.1 Å². The van der Waals surface area contributed by atoms with E-state index in [0.717, 1.165) is 42.8 Å². The smallest absolute Gasteiger partial charge is 0.317 e. The first kappa shape index (κ1) is 18.2. The van der Waals surface area contributed by atoms with Crippen LogP contribution >= 0.6 is 0 Å². The summed E-state index contributed by atoms with van der Waals surface area (Å²) in [6, 6.07) is 9.98. The molecule has 0 radical (unpaired) electrons. The fraction of sp³-hybridized carbons (Fsp3) is 0.400. The Hall–Kier alpha value is -3.16. The van der Waals surface area contributed by atoms with Crippen LogP contribution in [0.15, 0.2) is 42.9 Å². The first-order chi connectivity index (χ1) is 13.7. The molecule has 4 rings (SSSR count). The first-order valence-corrected chi connectivity index (χ1v) is 9.64. The summed E-state index contributed by atoms with van der Waals surface area (Å²) in [6.07, 6.45) is 5.62. The van der Waals surface area contributed by atoms with Crippen LogP contribution < -0.4 is 10.6 Å². The van der Waals surface area contributed by atoms with Gasteiger partial charge in [0.05, 0.1) is 11.0 Å². The molecule has 2 atom stereocenters. The van der Waals surface area contributed by atoms with Gasteiger partial charge in [0.2, 0.25) is 5.95 Å². The third-order valence-corrected chi connectivity index (χ3v) is 5.36. The zero-order valence-corrected chi connectivity index (χ0v) is 16.2. The van der Waals surface area contributed by atoms with Gasteiger partial charge < -0.3 is 15.5 Å². The molecule has 0 bridgehead atoms. The van der Waals surface area contributed by atoms with E-state index >= 15 is 0 Å². The monoisotopic (exact) mass is 379 g/mol. The minimum Gasteiger partial charge on any atom is -0.351 e. The van der Waals surface area contributed by atoms with E-state index in [1.54, 1.807) is 19.6 Å². The maximum Gasteiger partial charge on any atom is 0.317 e. The Morgan fingerprint density at radius 2 is 2.11 bits per heavy atom. The highest BCUT2D eigenvalue weighted by atomic mass is 16.2. The molecule has 2 unspecified atom stereocenters. The first-order valence-electron chi connectivity index (χ1n) is 9.64. The van der Waals surface area contributed by atoms with Gasteiger partial charge in [-0.2, -0.15) is 4.98 Å². The van der Waals surface area contributed by atoms with Crippen LogP contribution in [0.3, 0.4) is 0 Å². The third kappa shape index (κ3) is 3.62. The number of rotatable bonds is 4. The molecule has 0 saturated carbocycles. The molecule has 8 heteroatoms. The molecule has 1 fully saturated rings. The number of aromatic nitrogens is 4. The molecule has 28 heavy (non-hydrogen) atoms. The average Bonchev–Trinajstić information content (AvgIpc) is 3.17.